The molecule has 0 unspecified atom stereocenters. The molecule has 0 aromatic carbocycles. The van der Waals surface area contributed by atoms with Gasteiger partial charge in [-0.05, 0) is 32.9 Å². The van der Waals surface area contributed by atoms with Crippen LogP contribution in [0.25, 0.3) is 0 Å². The van der Waals surface area contributed by atoms with Crippen molar-refractivity contribution in [3.05, 3.63) is 17.8 Å². The number of rotatable bonds is 5. The van der Waals surface area contributed by atoms with Crippen LogP contribution in [0.3, 0.4) is 0 Å². The molecular weight excluding hydrogens is 232 g/mol. The number of nitrogens with two attached hydrogens (primary N) is 1. The second kappa shape index (κ2) is 5.97. The highest BCUT2D eigenvalue weighted by atomic mass is 16.3. The average molecular weight is 252 g/mol. The summed E-state index contributed by atoms with van der Waals surface area (Å²) in [7, 11) is 0. The van der Waals surface area contributed by atoms with Gasteiger partial charge in [-0.25, -0.2) is 4.98 Å². The summed E-state index contributed by atoms with van der Waals surface area (Å²) in [5.74, 6) is 0.507. The maximum absolute atomic E-state index is 11.2. The van der Waals surface area contributed by atoms with Crippen LogP contribution in [0.15, 0.2) is 10.8 Å². The van der Waals surface area contributed by atoms with Crippen LogP contribution in [-0.4, -0.2) is 41.5 Å². The SMILES string of the molecule is Cc1ocnc1CN(CC(N)=O)C1CCNCC1. The van der Waals surface area contributed by atoms with Crippen molar-refractivity contribution in [2.24, 2.45) is 5.73 Å². The van der Waals surface area contributed by atoms with Gasteiger partial charge in [-0.2, -0.15) is 0 Å². The molecule has 2 rings (SSSR count). The lowest BCUT2D eigenvalue weighted by molar-refractivity contribution is -0.120. The van der Waals surface area contributed by atoms with E-state index in [-0.39, 0.29) is 12.5 Å². The van der Waals surface area contributed by atoms with Crippen LogP contribution in [0.4, 0.5) is 0 Å². The van der Waals surface area contributed by atoms with Crippen molar-refractivity contribution < 1.29 is 9.21 Å². The highest BCUT2D eigenvalue weighted by Gasteiger charge is 2.23. The van der Waals surface area contributed by atoms with E-state index < -0.39 is 0 Å². The summed E-state index contributed by atoms with van der Waals surface area (Å²) in [5.41, 5.74) is 6.21. The lowest BCUT2D eigenvalue weighted by Crippen LogP contribution is -2.46. The van der Waals surface area contributed by atoms with Crippen LogP contribution >= 0.6 is 0 Å². The van der Waals surface area contributed by atoms with Crippen LogP contribution < -0.4 is 11.1 Å². The van der Waals surface area contributed by atoms with Gasteiger partial charge in [-0.1, -0.05) is 0 Å². The molecule has 6 nitrogen and oxygen atoms in total. The zero-order valence-corrected chi connectivity index (χ0v) is 10.7. The first-order valence-corrected chi connectivity index (χ1v) is 6.29. The maximum atomic E-state index is 11.2. The van der Waals surface area contributed by atoms with Gasteiger partial charge < -0.3 is 15.5 Å². The average Bonchev–Trinajstić information content (AvgIpc) is 2.75. The molecule has 100 valence electrons. The number of carbonyl (C=O) groups is 1. The van der Waals surface area contributed by atoms with Crippen LogP contribution in [-0.2, 0) is 11.3 Å². The van der Waals surface area contributed by atoms with Crippen molar-refractivity contribution in [1.29, 1.82) is 0 Å². The Hall–Kier alpha value is -1.40. The molecule has 3 N–H and O–H groups in total. The maximum Gasteiger partial charge on any atom is 0.231 e. The molecule has 6 heteroatoms. The number of hydrogen-bond donors (Lipinski definition) is 2. The molecule has 1 aliphatic rings. The first-order valence-electron chi connectivity index (χ1n) is 6.29. The number of hydrogen-bond acceptors (Lipinski definition) is 5. The smallest absolute Gasteiger partial charge is 0.231 e. The predicted molar refractivity (Wildman–Crippen MR) is 66.7 cm³/mol. The van der Waals surface area contributed by atoms with E-state index in [1.54, 1.807) is 0 Å². The number of primary amides is 1. The Morgan fingerprint density at radius 1 is 1.61 bits per heavy atom. The molecule has 0 aliphatic carbocycles. The van der Waals surface area contributed by atoms with Gasteiger partial charge in [-0.3, -0.25) is 9.69 Å². The molecule has 1 amide bonds. The summed E-state index contributed by atoms with van der Waals surface area (Å²) in [6.07, 6.45) is 3.50. The predicted octanol–water partition coefficient (Wildman–Crippen LogP) is 0.0223. The fourth-order valence-corrected chi connectivity index (χ4v) is 2.36. The Labute approximate surface area is 107 Å². The van der Waals surface area contributed by atoms with Gasteiger partial charge in [0, 0.05) is 12.6 Å². The van der Waals surface area contributed by atoms with Crippen LogP contribution in [0.1, 0.15) is 24.3 Å². The molecule has 0 bridgehead atoms. The summed E-state index contributed by atoms with van der Waals surface area (Å²) in [5, 5.41) is 3.32. The van der Waals surface area contributed by atoms with Gasteiger partial charge in [0.25, 0.3) is 0 Å². The van der Waals surface area contributed by atoms with E-state index in [4.69, 9.17) is 10.2 Å². The van der Waals surface area contributed by atoms with Gasteiger partial charge in [0.05, 0.1) is 12.2 Å². The molecule has 1 fully saturated rings. The Kier molecular flexibility index (Phi) is 4.33. The summed E-state index contributed by atoms with van der Waals surface area (Å²) in [6.45, 7) is 4.75. The minimum Gasteiger partial charge on any atom is -0.448 e. The highest BCUT2D eigenvalue weighted by molar-refractivity contribution is 5.75. The summed E-state index contributed by atoms with van der Waals surface area (Å²) < 4.78 is 5.19. The van der Waals surface area contributed by atoms with Gasteiger partial charge in [0.2, 0.25) is 5.91 Å². The summed E-state index contributed by atoms with van der Waals surface area (Å²) >= 11 is 0. The second-order valence-electron chi connectivity index (χ2n) is 4.71. The zero-order chi connectivity index (χ0) is 13.0. The number of oxazole rings is 1. The summed E-state index contributed by atoms with van der Waals surface area (Å²) in [4.78, 5) is 17.5. The van der Waals surface area contributed by atoms with E-state index in [0.29, 0.717) is 12.6 Å². The van der Waals surface area contributed by atoms with Crippen molar-refractivity contribution >= 4 is 5.91 Å². The molecule has 1 aromatic rings. The lowest BCUT2D eigenvalue weighted by Gasteiger charge is -2.33. The standard InChI is InChI=1S/C12H20N4O2/c1-9-11(15-8-18-9)6-16(7-12(13)17)10-2-4-14-5-3-10/h8,10,14H,2-7H2,1H3,(H2,13,17). The molecule has 0 radical (unpaired) electrons. The molecule has 1 saturated heterocycles. The zero-order valence-electron chi connectivity index (χ0n) is 10.7. The Bertz CT molecular complexity index is 399. The van der Waals surface area contributed by atoms with E-state index in [0.717, 1.165) is 37.4 Å². The number of carbonyl (C=O) groups excluding carboxylic acids is 1. The van der Waals surface area contributed by atoms with Gasteiger partial charge >= 0.3 is 0 Å². The quantitative estimate of drug-likeness (QED) is 0.772. The normalized spacial score (nSPS) is 17.2. The third-order valence-corrected chi connectivity index (χ3v) is 3.38. The van der Waals surface area contributed by atoms with Crippen LogP contribution in [0.2, 0.25) is 0 Å². The van der Waals surface area contributed by atoms with E-state index in [1.807, 2.05) is 6.92 Å². The van der Waals surface area contributed by atoms with E-state index in [2.05, 4.69) is 15.2 Å². The third kappa shape index (κ3) is 3.30. The fraction of sp³-hybridized carbons (Fsp3) is 0.667. The Balaban J connectivity index is 2.04. The Morgan fingerprint density at radius 3 is 2.89 bits per heavy atom. The second-order valence-corrected chi connectivity index (χ2v) is 4.71. The van der Waals surface area contributed by atoms with Crippen molar-refractivity contribution in [2.45, 2.75) is 32.4 Å². The van der Waals surface area contributed by atoms with Gasteiger partial charge in [0.15, 0.2) is 6.39 Å². The first kappa shape index (κ1) is 13.0. The number of amides is 1. The minimum absolute atomic E-state index is 0.275. The summed E-state index contributed by atoms with van der Waals surface area (Å²) in [6, 6.07) is 0.384. The van der Waals surface area contributed by atoms with Crippen LogP contribution in [0, 0.1) is 6.92 Å². The first-order chi connectivity index (χ1) is 8.66. The molecule has 0 atom stereocenters. The highest BCUT2D eigenvalue weighted by Crippen LogP contribution is 2.16. The lowest BCUT2D eigenvalue weighted by atomic mass is 10.0. The number of aryl methyl sites for hydroxylation is 1. The fourth-order valence-electron chi connectivity index (χ4n) is 2.36. The molecular formula is C12H20N4O2. The molecule has 0 saturated carbocycles. The number of nitrogens with zero attached hydrogens (tertiary/aromatic N) is 2. The van der Waals surface area contributed by atoms with Crippen molar-refractivity contribution in [3.8, 4) is 0 Å². The number of piperidine rings is 1. The molecule has 18 heavy (non-hydrogen) atoms. The number of aromatic nitrogens is 1. The van der Waals surface area contributed by atoms with Gasteiger partial charge in [0.1, 0.15) is 5.76 Å². The molecule has 0 spiro atoms. The van der Waals surface area contributed by atoms with Gasteiger partial charge in [-0.15, -0.1) is 0 Å². The van der Waals surface area contributed by atoms with Crippen molar-refractivity contribution in [1.82, 2.24) is 15.2 Å². The van der Waals surface area contributed by atoms with E-state index in [1.165, 1.54) is 6.39 Å². The van der Waals surface area contributed by atoms with E-state index in [9.17, 15) is 4.79 Å². The topological polar surface area (TPSA) is 84.4 Å². The molecule has 1 aromatic heterocycles. The van der Waals surface area contributed by atoms with Crippen molar-refractivity contribution in [3.63, 3.8) is 0 Å². The largest absolute Gasteiger partial charge is 0.448 e. The number of nitrogens with one attached hydrogen (secondary N) is 1. The molecule has 1 aliphatic heterocycles. The van der Waals surface area contributed by atoms with Crippen LogP contribution in [0.5, 0.6) is 0 Å². The van der Waals surface area contributed by atoms with E-state index >= 15 is 0 Å². The minimum atomic E-state index is -0.297. The van der Waals surface area contributed by atoms with Crippen molar-refractivity contribution in [2.75, 3.05) is 19.6 Å². The molecule has 2 heterocycles. The monoisotopic (exact) mass is 252 g/mol. The third-order valence-electron chi connectivity index (χ3n) is 3.38. The Morgan fingerprint density at radius 2 is 2.33 bits per heavy atom.